The lowest BCUT2D eigenvalue weighted by Crippen LogP contribution is -2.34. The van der Waals surface area contributed by atoms with Crippen LogP contribution < -0.4 is 0 Å². The molecule has 0 bridgehead atoms. The fraction of sp³-hybridized carbons (Fsp3) is 0.348. The Labute approximate surface area is 171 Å². The monoisotopic (exact) mass is 410 g/mol. The molecule has 1 amide bonds. The summed E-state index contributed by atoms with van der Waals surface area (Å²) in [5, 5.41) is 0.640. The maximum absolute atomic E-state index is 12.9. The van der Waals surface area contributed by atoms with Gasteiger partial charge in [-0.2, -0.15) is 0 Å². The molecule has 0 spiro atoms. The van der Waals surface area contributed by atoms with Crippen molar-refractivity contribution in [2.75, 3.05) is 18.8 Å². The SMILES string of the molecule is Cc1cc2ccccc2n1CCC(=O)N1CCC(c2ccccc2)S(=O)(=O)CC1. The Bertz CT molecular complexity index is 1120. The maximum atomic E-state index is 12.9. The van der Waals surface area contributed by atoms with Crippen molar-refractivity contribution >= 4 is 26.6 Å². The molecule has 1 aliphatic heterocycles. The van der Waals surface area contributed by atoms with E-state index in [1.165, 1.54) is 5.39 Å². The molecule has 0 N–H and O–H groups in total. The second-order valence-corrected chi connectivity index (χ2v) is 9.98. The van der Waals surface area contributed by atoms with Crippen molar-refractivity contribution in [3.05, 3.63) is 71.9 Å². The molecule has 2 aromatic carbocycles. The van der Waals surface area contributed by atoms with E-state index in [1.54, 1.807) is 4.90 Å². The zero-order valence-electron chi connectivity index (χ0n) is 16.6. The minimum Gasteiger partial charge on any atom is -0.344 e. The quantitative estimate of drug-likeness (QED) is 0.659. The number of fused-ring (bicyclic) bond motifs is 1. The zero-order chi connectivity index (χ0) is 20.4. The first-order valence-corrected chi connectivity index (χ1v) is 11.8. The summed E-state index contributed by atoms with van der Waals surface area (Å²) in [4.78, 5) is 14.6. The molecule has 0 aliphatic carbocycles. The summed E-state index contributed by atoms with van der Waals surface area (Å²) < 4.78 is 27.7. The van der Waals surface area contributed by atoms with Crippen molar-refractivity contribution in [1.82, 2.24) is 9.47 Å². The summed E-state index contributed by atoms with van der Waals surface area (Å²) >= 11 is 0. The minimum absolute atomic E-state index is 0.0176. The van der Waals surface area contributed by atoms with E-state index >= 15 is 0 Å². The van der Waals surface area contributed by atoms with Crippen LogP contribution in [0.3, 0.4) is 0 Å². The number of hydrogen-bond acceptors (Lipinski definition) is 3. The fourth-order valence-electron chi connectivity index (χ4n) is 4.25. The van der Waals surface area contributed by atoms with Crippen molar-refractivity contribution in [1.29, 1.82) is 0 Å². The summed E-state index contributed by atoms with van der Waals surface area (Å²) in [5.41, 5.74) is 3.07. The van der Waals surface area contributed by atoms with E-state index < -0.39 is 15.1 Å². The Balaban J connectivity index is 1.45. The lowest BCUT2D eigenvalue weighted by molar-refractivity contribution is -0.131. The molecule has 1 unspecified atom stereocenters. The van der Waals surface area contributed by atoms with Gasteiger partial charge in [-0.3, -0.25) is 4.79 Å². The predicted molar refractivity (Wildman–Crippen MR) is 115 cm³/mol. The number of nitrogens with zero attached hydrogens (tertiary/aromatic N) is 2. The Hall–Kier alpha value is -2.60. The number of carbonyl (C=O) groups excluding carboxylic acids is 1. The van der Waals surface area contributed by atoms with Gasteiger partial charge in [0.15, 0.2) is 9.84 Å². The van der Waals surface area contributed by atoms with E-state index in [1.807, 2.05) is 49.4 Å². The normalized spacial score (nSPS) is 19.2. The summed E-state index contributed by atoms with van der Waals surface area (Å²) in [7, 11) is -3.27. The van der Waals surface area contributed by atoms with Crippen LogP contribution in [0.4, 0.5) is 0 Å². The molecule has 5 nitrogen and oxygen atoms in total. The number of carbonyl (C=O) groups is 1. The first kappa shape index (κ1) is 19.7. The molecule has 29 heavy (non-hydrogen) atoms. The minimum atomic E-state index is -3.27. The predicted octanol–water partition coefficient (Wildman–Crippen LogP) is 3.73. The zero-order valence-corrected chi connectivity index (χ0v) is 17.4. The highest BCUT2D eigenvalue weighted by Gasteiger charge is 2.32. The van der Waals surface area contributed by atoms with Crippen LogP contribution in [-0.4, -0.2) is 42.6 Å². The standard InChI is InChI=1S/C23H26N2O3S/c1-18-17-20-9-5-6-10-21(20)25(18)14-12-23(26)24-13-11-22(29(27,28)16-15-24)19-7-3-2-4-8-19/h2-10,17,22H,11-16H2,1H3. The van der Waals surface area contributed by atoms with Gasteiger partial charge in [-0.1, -0.05) is 48.5 Å². The molecule has 6 heteroatoms. The number of amides is 1. The molecule has 1 atom stereocenters. The van der Waals surface area contributed by atoms with E-state index in [4.69, 9.17) is 0 Å². The molecule has 1 aliphatic rings. The molecule has 3 aromatic rings. The molecule has 0 radical (unpaired) electrons. The first-order chi connectivity index (χ1) is 14.0. The van der Waals surface area contributed by atoms with Crippen LogP contribution in [-0.2, 0) is 21.2 Å². The van der Waals surface area contributed by atoms with Crippen molar-refractivity contribution in [3.63, 3.8) is 0 Å². The average molecular weight is 411 g/mol. The number of sulfone groups is 1. The highest BCUT2D eigenvalue weighted by molar-refractivity contribution is 7.91. The van der Waals surface area contributed by atoms with Gasteiger partial charge in [0.1, 0.15) is 0 Å². The van der Waals surface area contributed by atoms with Crippen LogP contribution in [0.15, 0.2) is 60.7 Å². The second-order valence-electron chi connectivity index (χ2n) is 7.68. The number of benzene rings is 2. The molecule has 1 fully saturated rings. The van der Waals surface area contributed by atoms with Gasteiger partial charge in [0.2, 0.25) is 5.91 Å². The fourth-order valence-corrected chi connectivity index (χ4v) is 6.04. The van der Waals surface area contributed by atoms with Gasteiger partial charge >= 0.3 is 0 Å². The summed E-state index contributed by atoms with van der Waals surface area (Å²) in [6, 6.07) is 19.6. The van der Waals surface area contributed by atoms with Gasteiger partial charge in [-0.15, -0.1) is 0 Å². The van der Waals surface area contributed by atoms with Crippen molar-refractivity contribution in [2.24, 2.45) is 0 Å². The van der Waals surface area contributed by atoms with Crippen LogP contribution in [0.5, 0.6) is 0 Å². The van der Waals surface area contributed by atoms with E-state index in [2.05, 4.69) is 22.8 Å². The van der Waals surface area contributed by atoms with E-state index in [0.29, 0.717) is 25.9 Å². The number of para-hydroxylation sites is 1. The number of hydrogen-bond donors (Lipinski definition) is 0. The van der Waals surface area contributed by atoms with Crippen molar-refractivity contribution < 1.29 is 13.2 Å². The largest absolute Gasteiger partial charge is 0.344 e. The third-order valence-corrected chi connectivity index (χ3v) is 7.96. The van der Waals surface area contributed by atoms with Gasteiger partial charge in [0, 0.05) is 37.3 Å². The molecule has 2 heterocycles. The van der Waals surface area contributed by atoms with Gasteiger partial charge < -0.3 is 9.47 Å². The lowest BCUT2D eigenvalue weighted by Gasteiger charge is -2.20. The van der Waals surface area contributed by atoms with E-state index in [0.717, 1.165) is 16.8 Å². The van der Waals surface area contributed by atoms with Gasteiger partial charge in [0.25, 0.3) is 0 Å². The van der Waals surface area contributed by atoms with Gasteiger partial charge in [0.05, 0.1) is 11.0 Å². The summed E-state index contributed by atoms with van der Waals surface area (Å²) in [6.07, 6.45) is 0.819. The molecular weight excluding hydrogens is 384 g/mol. The third kappa shape index (κ3) is 4.08. The number of aryl methyl sites for hydroxylation is 2. The van der Waals surface area contributed by atoms with Gasteiger partial charge in [-0.05, 0) is 36.4 Å². The van der Waals surface area contributed by atoms with Crippen LogP contribution >= 0.6 is 0 Å². The maximum Gasteiger partial charge on any atom is 0.224 e. The van der Waals surface area contributed by atoms with Gasteiger partial charge in [-0.25, -0.2) is 8.42 Å². The second kappa shape index (κ2) is 8.03. The van der Waals surface area contributed by atoms with Crippen molar-refractivity contribution in [2.45, 2.75) is 31.6 Å². The molecule has 1 saturated heterocycles. The average Bonchev–Trinajstić information content (AvgIpc) is 2.94. The third-order valence-electron chi connectivity index (χ3n) is 5.83. The highest BCUT2D eigenvalue weighted by atomic mass is 32.2. The molecular formula is C23H26N2O3S. The van der Waals surface area contributed by atoms with Crippen LogP contribution in [0.1, 0.15) is 29.3 Å². The Morgan fingerprint density at radius 2 is 1.76 bits per heavy atom. The molecule has 152 valence electrons. The lowest BCUT2D eigenvalue weighted by atomic mass is 10.1. The molecule has 4 rings (SSSR count). The van der Waals surface area contributed by atoms with E-state index in [-0.39, 0.29) is 18.2 Å². The summed E-state index contributed by atoms with van der Waals surface area (Å²) in [5.74, 6) is 0.0372. The summed E-state index contributed by atoms with van der Waals surface area (Å²) in [6.45, 7) is 3.40. The van der Waals surface area contributed by atoms with E-state index in [9.17, 15) is 13.2 Å². The number of rotatable bonds is 4. The van der Waals surface area contributed by atoms with Crippen molar-refractivity contribution in [3.8, 4) is 0 Å². The van der Waals surface area contributed by atoms with Crippen LogP contribution in [0, 0.1) is 6.92 Å². The Morgan fingerprint density at radius 1 is 1.03 bits per heavy atom. The molecule has 0 saturated carbocycles. The smallest absolute Gasteiger partial charge is 0.224 e. The number of aromatic nitrogens is 1. The Morgan fingerprint density at radius 3 is 2.55 bits per heavy atom. The topological polar surface area (TPSA) is 59.4 Å². The first-order valence-electron chi connectivity index (χ1n) is 10.0. The Kier molecular flexibility index (Phi) is 5.46. The van der Waals surface area contributed by atoms with Crippen LogP contribution in [0.25, 0.3) is 10.9 Å². The highest BCUT2D eigenvalue weighted by Crippen LogP contribution is 2.29. The molecule has 1 aromatic heterocycles. The van der Waals surface area contributed by atoms with Crippen LogP contribution in [0.2, 0.25) is 0 Å².